The van der Waals surface area contributed by atoms with Gasteiger partial charge < -0.3 is 15.4 Å². The van der Waals surface area contributed by atoms with E-state index in [1.165, 1.54) is 11.3 Å². The number of hydrogen-bond donors (Lipinski definition) is 3. The third kappa shape index (κ3) is 1.83. The van der Waals surface area contributed by atoms with Crippen LogP contribution in [0.3, 0.4) is 0 Å². The molecular formula is C16H18N2O3S. The van der Waals surface area contributed by atoms with Crippen LogP contribution in [0.1, 0.15) is 49.0 Å². The summed E-state index contributed by atoms with van der Waals surface area (Å²) in [5.74, 6) is -1.20. The lowest BCUT2D eigenvalue weighted by Crippen LogP contribution is -2.48. The van der Waals surface area contributed by atoms with E-state index in [0.29, 0.717) is 12.1 Å². The van der Waals surface area contributed by atoms with Crippen molar-refractivity contribution in [2.45, 2.75) is 44.1 Å². The molecule has 0 saturated heterocycles. The van der Waals surface area contributed by atoms with Crippen LogP contribution in [-0.4, -0.2) is 27.5 Å². The van der Waals surface area contributed by atoms with Crippen LogP contribution in [0.2, 0.25) is 0 Å². The van der Waals surface area contributed by atoms with E-state index in [2.05, 4.69) is 10.3 Å². The van der Waals surface area contributed by atoms with Crippen LogP contribution in [0.4, 0.5) is 0 Å². The number of aromatic amines is 1. The van der Waals surface area contributed by atoms with Crippen molar-refractivity contribution in [2.24, 2.45) is 5.41 Å². The Morgan fingerprint density at radius 2 is 2.05 bits per heavy atom. The number of nitrogens with one attached hydrogen (secondary N) is 2. The second-order valence-electron chi connectivity index (χ2n) is 6.57. The van der Waals surface area contributed by atoms with Gasteiger partial charge in [-0.3, -0.25) is 4.79 Å². The van der Waals surface area contributed by atoms with Crippen LogP contribution < -0.4 is 5.32 Å². The van der Waals surface area contributed by atoms with Crippen LogP contribution in [0, 0.1) is 5.41 Å². The van der Waals surface area contributed by atoms with Crippen LogP contribution in [-0.2, 0) is 4.79 Å². The highest BCUT2D eigenvalue weighted by Gasteiger charge is 2.72. The number of carbonyl (C=O) groups excluding carboxylic acids is 1. The predicted molar refractivity (Wildman–Crippen MR) is 84.1 cm³/mol. The van der Waals surface area contributed by atoms with Gasteiger partial charge in [-0.2, -0.15) is 0 Å². The molecule has 2 heterocycles. The number of hydrogen-bond acceptors (Lipinski definition) is 3. The Kier molecular flexibility index (Phi) is 2.88. The highest BCUT2D eigenvalue weighted by Crippen LogP contribution is 2.64. The number of carboxylic acid groups (broad SMARTS) is 1. The first-order valence-corrected chi connectivity index (χ1v) is 8.56. The van der Waals surface area contributed by atoms with Crippen molar-refractivity contribution in [3.05, 3.63) is 23.2 Å². The molecule has 3 N–H and O–H groups in total. The lowest BCUT2D eigenvalue weighted by Gasteiger charge is -2.27. The van der Waals surface area contributed by atoms with E-state index < -0.39 is 11.5 Å². The molecule has 2 aliphatic rings. The summed E-state index contributed by atoms with van der Waals surface area (Å²) in [7, 11) is 0. The molecule has 2 fully saturated rings. The highest BCUT2D eigenvalue weighted by molar-refractivity contribution is 7.16. The lowest BCUT2D eigenvalue weighted by molar-refractivity contribution is -0.142. The third-order valence-corrected chi connectivity index (χ3v) is 6.22. The number of fused-ring (bicyclic) bond motifs is 1. The Bertz CT molecular complexity index is 728. The fourth-order valence-electron chi connectivity index (χ4n) is 4.06. The molecule has 2 aromatic heterocycles. The summed E-state index contributed by atoms with van der Waals surface area (Å²) in [6, 6.07) is 3.73. The van der Waals surface area contributed by atoms with Gasteiger partial charge in [-0.05, 0) is 36.8 Å². The summed E-state index contributed by atoms with van der Waals surface area (Å²) in [5.41, 5.74) is -0.847. The van der Waals surface area contributed by atoms with E-state index in [0.717, 1.165) is 42.3 Å². The number of thiophene rings is 1. The summed E-state index contributed by atoms with van der Waals surface area (Å²) in [5, 5.41) is 15.5. The van der Waals surface area contributed by atoms with Crippen LogP contribution >= 0.6 is 11.3 Å². The minimum Gasteiger partial charge on any atom is -0.479 e. The van der Waals surface area contributed by atoms with E-state index in [9.17, 15) is 14.7 Å². The van der Waals surface area contributed by atoms with Gasteiger partial charge in [-0.15, -0.1) is 11.3 Å². The first kappa shape index (κ1) is 13.8. The summed E-state index contributed by atoms with van der Waals surface area (Å²) >= 11 is 1.54. The summed E-state index contributed by atoms with van der Waals surface area (Å²) < 4.78 is 0. The number of carboxylic acids is 1. The summed E-state index contributed by atoms with van der Waals surface area (Å²) in [6.07, 6.45) is 5.65. The minimum atomic E-state index is -1.07. The van der Waals surface area contributed by atoms with E-state index >= 15 is 0 Å². The number of rotatable bonds is 3. The maximum absolute atomic E-state index is 12.5. The molecule has 1 atom stereocenters. The van der Waals surface area contributed by atoms with Crippen molar-refractivity contribution in [3.8, 4) is 0 Å². The minimum absolute atomic E-state index is 0.225. The van der Waals surface area contributed by atoms with E-state index in [-0.39, 0.29) is 11.3 Å². The van der Waals surface area contributed by atoms with Crippen LogP contribution in [0.25, 0.3) is 10.2 Å². The zero-order chi connectivity index (χ0) is 15.4. The van der Waals surface area contributed by atoms with Gasteiger partial charge in [-0.1, -0.05) is 19.3 Å². The maximum atomic E-state index is 12.5. The van der Waals surface area contributed by atoms with E-state index in [1.807, 2.05) is 11.4 Å². The Morgan fingerprint density at radius 3 is 2.73 bits per heavy atom. The van der Waals surface area contributed by atoms with Crippen molar-refractivity contribution in [1.29, 1.82) is 0 Å². The van der Waals surface area contributed by atoms with Crippen LogP contribution in [0.5, 0.6) is 0 Å². The molecule has 2 aliphatic carbocycles. The molecule has 0 aliphatic heterocycles. The number of aromatic nitrogens is 1. The van der Waals surface area contributed by atoms with E-state index in [1.54, 1.807) is 6.07 Å². The quantitative estimate of drug-likeness (QED) is 0.813. The fourth-order valence-corrected chi connectivity index (χ4v) is 4.84. The average Bonchev–Trinajstić information content (AvgIpc) is 2.82. The van der Waals surface area contributed by atoms with Gasteiger partial charge >= 0.3 is 5.97 Å². The smallest absolute Gasteiger partial charge is 0.330 e. The number of amides is 1. The Hall–Kier alpha value is -1.82. The van der Waals surface area contributed by atoms with Gasteiger partial charge in [-0.25, -0.2) is 4.79 Å². The first-order valence-electron chi connectivity index (χ1n) is 7.69. The van der Waals surface area contributed by atoms with Crippen molar-refractivity contribution in [2.75, 3.05) is 0 Å². The van der Waals surface area contributed by atoms with Crippen LogP contribution in [0.15, 0.2) is 17.5 Å². The number of carbonyl (C=O) groups is 2. The van der Waals surface area contributed by atoms with Crippen molar-refractivity contribution in [1.82, 2.24) is 10.3 Å². The zero-order valence-electron chi connectivity index (χ0n) is 12.1. The standard InChI is InChI=1S/C16H18N2O3S/c19-12(11-8-10-4-7-22-13(10)17-11)18-16(14(20)21)9-15(16)5-2-1-3-6-15/h4,7-8,17H,1-3,5-6,9H2,(H,18,19)(H,20,21). The van der Waals surface area contributed by atoms with Gasteiger partial charge in [0.1, 0.15) is 16.1 Å². The molecule has 22 heavy (non-hydrogen) atoms. The monoisotopic (exact) mass is 318 g/mol. The van der Waals surface area contributed by atoms with Crippen molar-refractivity contribution >= 4 is 33.4 Å². The molecule has 1 spiro atoms. The van der Waals surface area contributed by atoms with E-state index in [4.69, 9.17) is 0 Å². The molecule has 2 saturated carbocycles. The molecule has 116 valence electrons. The topological polar surface area (TPSA) is 82.2 Å². The molecule has 0 radical (unpaired) electrons. The van der Waals surface area contributed by atoms with Gasteiger partial charge in [0.25, 0.3) is 5.91 Å². The predicted octanol–water partition coefficient (Wildman–Crippen LogP) is 3.14. The average molecular weight is 318 g/mol. The fraction of sp³-hybridized carbons (Fsp3) is 0.500. The summed E-state index contributed by atoms with van der Waals surface area (Å²) in [6.45, 7) is 0. The molecule has 0 bridgehead atoms. The molecule has 5 nitrogen and oxygen atoms in total. The molecule has 1 unspecified atom stereocenters. The second kappa shape index (κ2) is 4.59. The number of H-pyrrole nitrogens is 1. The molecule has 1 amide bonds. The SMILES string of the molecule is O=C(NC1(C(=O)O)CC12CCCCC2)c1cc2ccsc2[nH]1. The Balaban J connectivity index is 1.59. The molecule has 6 heteroatoms. The van der Waals surface area contributed by atoms with Gasteiger partial charge in [0.05, 0.1) is 0 Å². The molecular weight excluding hydrogens is 300 g/mol. The molecule has 2 aromatic rings. The molecule has 0 aromatic carbocycles. The highest BCUT2D eigenvalue weighted by atomic mass is 32.1. The van der Waals surface area contributed by atoms with Crippen molar-refractivity contribution < 1.29 is 14.7 Å². The Labute approximate surface area is 131 Å². The first-order chi connectivity index (χ1) is 10.6. The Morgan fingerprint density at radius 1 is 1.27 bits per heavy atom. The van der Waals surface area contributed by atoms with Crippen molar-refractivity contribution in [3.63, 3.8) is 0 Å². The number of aliphatic carboxylic acids is 1. The third-order valence-electron chi connectivity index (χ3n) is 5.37. The largest absolute Gasteiger partial charge is 0.479 e. The van der Waals surface area contributed by atoms with Gasteiger partial charge in [0, 0.05) is 10.8 Å². The van der Waals surface area contributed by atoms with Gasteiger partial charge in [0.2, 0.25) is 0 Å². The second-order valence-corrected chi connectivity index (χ2v) is 7.49. The maximum Gasteiger partial charge on any atom is 0.330 e. The summed E-state index contributed by atoms with van der Waals surface area (Å²) in [4.78, 5) is 28.3. The lowest BCUT2D eigenvalue weighted by atomic mass is 9.82. The zero-order valence-corrected chi connectivity index (χ0v) is 13.0. The normalized spacial score (nSPS) is 26.2. The van der Waals surface area contributed by atoms with Gasteiger partial charge in [0.15, 0.2) is 0 Å². The molecule has 4 rings (SSSR count).